The van der Waals surface area contributed by atoms with Gasteiger partial charge in [0.05, 0.1) is 25.7 Å². The second kappa shape index (κ2) is 11.7. The fraction of sp³-hybridized carbons (Fsp3) is 0.481. The number of aliphatic hydroxyl groups excluding tert-OH is 1. The van der Waals surface area contributed by atoms with Crippen LogP contribution in [0.2, 0.25) is 0 Å². The molecule has 1 fully saturated rings. The lowest BCUT2D eigenvalue weighted by Crippen LogP contribution is -2.42. The van der Waals surface area contributed by atoms with Crippen LogP contribution < -0.4 is 4.74 Å². The van der Waals surface area contributed by atoms with Crippen LogP contribution in [-0.2, 0) is 17.8 Å². The summed E-state index contributed by atoms with van der Waals surface area (Å²) in [6.45, 7) is 2.61. The molecule has 3 aromatic rings. The SMILES string of the molecule is COc1ccc2ncc(CO)c(CCCC3(CC(=O)O)CCN(CC(S)c4cccs4)CC3)c2c1. The number of aryl methyl sites for hydroxylation is 1. The average molecular weight is 515 g/mol. The Bertz CT molecular complexity index is 1120. The van der Waals surface area contributed by atoms with Crippen molar-refractivity contribution < 1.29 is 19.7 Å². The number of hydrogen-bond donors (Lipinski definition) is 3. The van der Waals surface area contributed by atoms with Crippen molar-refractivity contribution in [3.63, 3.8) is 0 Å². The molecule has 0 bridgehead atoms. The van der Waals surface area contributed by atoms with E-state index in [2.05, 4.69) is 27.4 Å². The minimum atomic E-state index is -0.723. The van der Waals surface area contributed by atoms with Crippen molar-refractivity contribution in [3.8, 4) is 5.75 Å². The van der Waals surface area contributed by atoms with E-state index in [-0.39, 0.29) is 23.7 Å². The third kappa shape index (κ3) is 6.36. The van der Waals surface area contributed by atoms with Gasteiger partial charge in [-0.1, -0.05) is 6.07 Å². The van der Waals surface area contributed by atoms with E-state index in [1.165, 1.54) is 4.88 Å². The predicted molar refractivity (Wildman–Crippen MR) is 144 cm³/mol. The van der Waals surface area contributed by atoms with Gasteiger partial charge in [-0.25, -0.2) is 0 Å². The van der Waals surface area contributed by atoms with Crippen LogP contribution in [0.25, 0.3) is 10.9 Å². The van der Waals surface area contributed by atoms with Gasteiger partial charge in [0.2, 0.25) is 0 Å². The van der Waals surface area contributed by atoms with Gasteiger partial charge in [0.15, 0.2) is 0 Å². The van der Waals surface area contributed by atoms with Crippen molar-refractivity contribution in [3.05, 3.63) is 57.9 Å². The molecule has 188 valence electrons. The Morgan fingerprint density at radius 1 is 1.31 bits per heavy atom. The average Bonchev–Trinajstić information content (AvgIpc) is 3.40. The summed E-state index contributed by atoms with van der Waals surface area (Å²) in [6.07, 6.45) is 6.18. The number of aromatic nitrogens is 1. The first-order valence-corrected chi connectivity index (χ1v) is 13.5. The number of likely N-dealkylation sites (tertiary alicyclic amines) is 1. The summed E-state index contributed by atoms with van der Waals surface area (Å²) in [5.74, 6) is 0.0367. The minimum absolute atomic E-state index is 0.0696. The van der Waals surface area contributed by atoms with Crippen molar-refractivity contribution in [2.24, 2.45) is 5.41 Å². The first-order chi connectivity index (χ1) is 16.9. The number of hydrogen-bond acceptors (Lipinski definition) is 7. The predicted octanol–water partition coefficient (Wildman–Crippen LogP) is 5.35. The number of rotatable bonds is 11. The molecule has 35 heavy (non-hydrogen) atoms. The van der Waals surface area contributed by atoms with Gasteiger partial charge >= 0.3 is 5.97 Å². The van der Waals surface area contributed by atoms with E-state index in [4.69, 9.17) is 17.4 Å². The molecule has 0 aliphatic carbocycles. The van der Waals surface area contributed by atoms with Gasteiger partial charge in [0.1, 0.15) is 5.75 Å². The monoisotopic (exact) mass is 514 g/mol. The third-order valence-corrected chi connectivity index (χ3v) is 8.93. The quantitative estimate of drug-likeness (QED) is 0.299. The topological polar surface area (TPSA) is 82.9 Å². The van der Waals surface area contributed by atoms with Gasteiger partial charge in [-0.3, -0.25) is 9.78 Å². The number of carboxylic acids is 1. The number of carbonyl (C=O) groups is 1. The Morgan fingerprint density at radius 2 is 2.11 bits per heavy atom. The van der Waals surface area contributed by atoms with Crippen LogP contribution in [0.1, 0.15) is 53.4 Å². The maximum absolute atomic E-state index is 11.8. The zero-order valence-corrected chi connectivity index (χ0v) is 21.9. The number of methoxy groups -OCH3 is 1. The molecule has 6 nitrogen and oxygen atoms in total. The van der Waals surface area contributed by atoms with Crippen LogP contribution in [0.5, 0.6) is 5.75 Å². The number of piperidine rings is 1. The van der Waals surface area contributed by atoms with Gasteiger partial charge in [-0.15, -0.1) is 11.3 Å². The van der Waals surface area contributed by atoms with Crippen molar-refractivity contribution in [1.29, 1.82) is 0 Å². The van der Waals surface area contributed by atoms with Gasteiger partial charge in [-0.2, -0.15) is 12.6 Å². The Balaban J connectivity index is 1.43. The lowest BCUT2D eigenvalue weighted by atomic mass is 9.71. The maximum Gasteiger partial charge on any atom is 0.303 e. The highest BCUT2D eigenvalue weighted by Crippen LogP contribution is 2.41. The number of nitrogens with zero attached hydrogens (tertiary/aromatic N) is 2. The maximum atomic E-state index is 11.8. The highest BCUT2D eigenvalue weighted by molar-refractivity contribution is 7.80. The van der Waals surface area contributed by atoms with E-state index < -0.39 is 5.97 Å². The molecular formula is C27H34N2O4S2. The number of pyridine rings is 1. The van der Waals surface area contributed by atoms with E-state index in [1.54, 1.807) is 24.6 Å². The number of thiophene rings is 1. The van der Waals surface area contributed by atoms with Gasteiger partial charge in [0.25, 0.3) is 0 Å². The molecule has 1 unspecified atom stereocenters. The molecule has 4 rings (SSSR count). The molecule has 0 saturated carbocycles. The molecule has 0 spiro atoms. The Labute approximate surface area is 216 Å². The number of aliphatic hydroxyl groups is 1. The summed E-state index contributed by atoms with van der Waals surface area (Å²) < 4.78 is 5.41. The number of aliphatic carboxylic acids is 1. The first kappa shape index (κ1) is 25.9. The molecule has 1 atom stereocenters. The van der Waals surface area contributed by atoms with Crippen molar-refractivity contribution in [1.82, 2.24) is 9.88 Å². The van der Waals surface area contributed by atoms with Crippen LogP contribution in [0.4, 0.5) is 0 Å². The Hall–Kier alpha value is -2.13. The number of benzene rings is 1. The van der Waals surface area contributed by atoms with Gasteiger partial charge < -0.3 is 19.8 Å². The summed E-state index contributed by atoms with van der Waals surface area (Å²) >= 11 is 6.53. The molecule has 0 radical (unpaired) electrons. The summed E-state index contributed by atoms with van der Waals surface area (Å²) in [4.78, 5) is 20.0. The molecule has 1 saturated heterocycles. The van der Waals surface area contributed by atoms with Crippen LogP contribution in [-0.4, -0.2) is 52.8 Å². The summed E-state index contributed by atoms with van der Waals surface area (Å²) in [5, 5.41) is 22.9. The zero-order valence-electron chi connectivity index (χ0n) is 20.2. The molecule has 0 amide bonds. The van der Waals surface area contributed by atoms with Gasteiger partial charge in [-0.05, 0) is 91.4 Å². The summed E-state index contributed by atoms with van der Waals surface area (Å²) in [5.41, 5.74) is 2.57. The highest BCUT2D eigenvalue weighted by atomic mass is 32.1. The lowest BCUT2D eigenvalue weighted by molar-refractivity contribution is -0.140. The lowest BCUT2D eigenvalue weighted by Gasteiger charge is -2.42. The van der Waals surface area contributed by atoms with Crippen molar-refractivity contribution in [2.75, 3.05) is 26.7 Å². The standard InChI is InChI=1S/C27H34N2O4S2/c1-33-20-6-7-23-22(14-20)21(19(18-30)16-28-23)4-2-8-27(15-26(31)32)9-11-29(12-10-27)17-24(34)25-5-3-13-35-25/h3,5-7,13-14,16,24,30,34H,2,4,8-12,15,17-18H2,1H3,(H,31,32). The fourth-order valence-corrected chi connectivity index (χ4v) is 6.53. The molecule has 2 aromatic heterocycles. The van der Waals surface area contributed by atoms with Crippen molar-refractivity contribution in [2.45, 2.75) is 50.4 Å². The van der Waals surface area contributed by atoms with Gasteiger partial charge in [0, 0.05) is 28.3 Å². The molecule has 1 aromatic carbocycles. The number of thiol groups is 1. The molecule has 2 N–H and O–H groups in total. The van der Waals surface area contributed by atoms with E-state index in [9.17, 15) is 15.0 Å². The van der Waals surface area contributed by atoms with Crippen LogP contribution in [0.3, 0.4) is 0 Å². The highest BCUT2D eigenvalue weighted by Gasteiger charge is 2.36. The molecule has 1 aliphatic rings. The number of carboxylic acid groups (broad SMARTS) is 1. The number of fused-ring (bicyclic) bond motifs is 1. The molecule has 3 heterocycles. The normalized spacial score (nSPS) is 16.9. The summed E-state index contributed by atoms with van der Waals surface area (Å²) in [6, 6.07) is 9.98. The van der Waals surface area contributed by atoms with Crippen LogP contribution in [0.15, 0.2) is 41.9 Å². The fourth-order valence-electron chi connectivity index (χ4n) is 5.33. The second-order valence-electron chi connectivity index (χ2n) is 9.56. The largest absolute Gasteiger partial charge is 0.497 e. The van der Waals surface area contributed by atoms with Crippen molar-refractivity contribution >= 4 is 40.8 Å². The molecular weight excluding hydrogens is 480 g/mol. The Morgan fingerprint density at radius 3 is 2.77 bits per heavy atom. The van der Waals surface area contributed by atoms with E-state index in [0.717, 1.165) is 79.5 Å². The van der Waals surface area contributed by atoms with E-state index in [0.29, 0.717) is 0 Å². The third-order valence-electron chi connectivity index (χ3n) is 7.33. The Kier molecular flexibility index (Phi) is 8.70. The molecule has 1 aliphatic heterocycles. The smallest absolute Gasteiger partial charge is 0.303 e. The van der Waals surface area contributed by atoms with E-state index in [1.807, 2.05) is 18.2 Å². The first-order valence-electron chi connectivity index (χ1n) is 12.1. The second-order valence-corrected chi connectivity index (χ2v) is 11.2. The molecule has 8 heteroatoms. The van der Waals surface area contributed by atoms with Crippen LogP contribution in [0, 0.1) is 5.41 Å². The summed E-state index contributed by atoms with van der Waals surface area (Å²) in [7, 11) is 1.64. The van der Waals surface area contributed by atoms with E-state index >= 15 is 0 Å². The zero-order chi connectivity index (χ0) is 24.8. The van der Waals surface area contributed by atoms with Crippen LogP contribution >= 0.6 is 24.0 Å². The minimum Gasteiger partial charge on any atom is -0.497 e. The number of ether oxygens (including phenoxy) is 1.